The third-order valence-corrected chi connectivity index (χ3v) is 4.49. The third kappa shape index (κ3) is 9.61. The minimum Gasteiger partial charge on any atom is -0.287 e. The summed E-state index contributed by atoms with van der Waals surface area (Å²) in [4.78, 5) is 0. The van der Waals surface area contributed by atoms with E-state index >= 15 is 0 Å². The molecule has 2 atom stereocenters. The van der Waals surface area contributed by atoms with E-state index in [0.717, 1.165) is 38.5 Å². The van der Waals surface area contributed by atoms with Crippen LogP contribution in [0.2, 0.25) is 0 Å². The Balaban J connectivity index is 4.47. The summed E-state index contributed by atoms with van der Waals surface area (Å²) in [5.41, 5.74) is 0. The molecule has 5 heteroatoms. The molecule has 116 valence electrons. The predicted molar refractivity (Wildman–Crippen MR) is 79.4 cm³/mol. The number of phosphoric ester groups is 1. The van der Waals surface area contributed by atoms with Crippen molar-refractivity contribution in [1.29, 1.82) is 0 Å². The summed E-state index contributed by atoms with van der Waals surface area (Å²) in [5, 5.41) is 0. The van der Waals surface area contributed by atoms with Crippen LogP contribution in [0.3, 0.4) is 0 Å². The van der Waals surface area contributed by atoms with Gasteiger partial charge in [-0.2, -0.15) is 0 Å². The van der Waals surface area contributed by atoms with Crippen LogP contribution in [0, 0.1) is 0 Å². The van der Waals surface area contributed by atoms with E-state index in [1.165, 1.54) is 0 Å². The summed E-state index contributed by atoms with van der Waals surface area (Å²) in [6, 6.07) is 0. The van der Waals surface area contributed by atoms with E-state index in [1.54, 1.807) is 0 Å². The molecule has 0 rings (SSSR count). The molecule has 0 heterocycles. The Bertz CT molecular complexity index is 240. The van der Waals surface area contributed by atoms with Crippen LogP contribution in [0.15, 0.2) is 0 Å². The fraction of sp³-hybridized carbons (Fsp3) is 1.00. The summed E-state index contributed by atoms with van der Waals surface area (Å²) in [6.45, 7) is 10.5. The minimum atomic E-state index is -3.42. The second kappa shape index (κ2) is 10.8. The van der Waals surface area contributed by atoms with Gasteiger partial charge in [-0.3, -0.25) is 13.6 Å². The fourth-order valence-electron chi connectivity index (χ4n) is 1.77. The molecule has 0 saturated heterocycles. The van der Waals surface area contributed by atoms with Crippen LogP contribution in [0.4, 0.5) is 0 Å². The van der Waals surface area contributed by atoms with E-state index in [9.17, 15) is 4.57 Å². The first-order valence-electron chi connectivity index (χ1n) is 7.58. The average Bonchev–Trinajstić information content (AvgIpc) is 2.29. The molecule has 4 nitrogen and oxygen atoms in total. The number of unbranched alkanes of at least 4 members (excludes halogenated alkanes) is 1. The normalized spacial score (nSPS) is 17.9. The first-order valence-corrected chi connectivity index (χ1v) is 9.04. The molecule has 0 aromatic rings. The van der Waals surface area contributed by atoms with Gasteiger partial charge in [0.05, 0.1) is 18.8 Å². The largest absolute Gasteiger partial charge is 0.475 e. The molecule has 0 aliphatic carbocycles. The lowest BCUT2D eigenvalue weighted by Gasteiger charge is -2.24. The molecule has 0 aromatic heterocycles. The van der Waals surface area contributed by atoms with Gasteiger partial charge in [-0.25, -0.2) is 4.57 Å². The second-order valence-electron chi connectivity index (χ2n) is 5.04. The predicted octanol–water partition coefficient (Wildman–Crippen LogP) is 5.32. The summed E-state index contributed by atoms with van der Waals surface area (Å²) in [5.74, 6) is 0. The number of phosphoric acid groups is 1. The lowest BCUT2D eigenvalue weighted by Crippen LogP contribution is -2.14. The summed E-state index contributed by atoms with van der Waals surface area (Å²) < 4.78 is 29.1. The molecule has 0 amide bonds. The van der Waals surface area contributed by atoms with E-state index in [2.05, 4.69) is 20.8 Å². The highest BCUT2D eigenvalue weighted by atomic mass is 31.2. The molecule has 0 radical (unpaired) electrons. The zero-order chi connectivity index (χ0) is 14.7. The average molecular weight is 294 g/mol. The maximum atomic E-state index is 12.6. The van der Waals surface area contributed by atoms with Gasteiger partial charge < -0.3 is 0 Å². The number of rotatable bonds is 12. The topological polar surface area (TPSA) is 44.8 Å². The van der Waals surface area contributed by atoms with E-state index in [-0.39, 0.29) is 12.2 Å². The van der Waals surface area contributed by atoms with Crippen LogP contribution in [-0.2, 0) is 18.1 Å². The SMILES string of the molecule is CCCCOP(=O)(OC(C)CCC)OC(C)CCC. The number of hydrogen-bond donors (Lipinski definition) is 0. The summed E-state index contributed by atoms with van der Waals surface area (Å²) in [7, 11) is -3.42. The van der Waals surface area contributed by atoms with Crippen molar-refractivity contribution in [2.24, 2.45) is 0 Å². The molecule has 0 saturated carbocycles. The Labute approximate surface area is 118 Å². The third-order valence-electron chi connectivity index (χ3n) is 2.76. The molecule has 0 N–H and O–H groups in total. The zero-order valence-electron chi connectivity index (χ0n) is 13.2. The summed E-state index contributed by atoms with van der Waals surface area (Å²) in [6.07, 6.45) is 5.33. The van der Waals surface area contributed by atoms with E-state index in [0.29, 0.717) is 6.61 Å². The minimum absolute atomic E-state index is 0.105. The second-order valence-corrected chi connectivity index (χ2v) is 6.62. The van der Waals surface area contributed by atoms with Crippen molar-refractivity contribution in [1.82, 2.24) is 0 Å². The van der Waals surface area contributed by atoms with Crippen molar-refractivity contribution >= 4 is 7.82 Å². The molecule has 19 heavy (non-hydrogen) atoms. The lowest BCUT2D eigenvalue weighted by molar-refractivity contribution is 0.0564. The molecule has 0 aromatic carbocycles. The van der Waals surface area contributed by atoms with Gasteiger partial charge in [0.1, 0.15) is 0 Å². The Morgan fingerprint density at radius 2 is 1.37 bits per heavy atom. The summed E-state index contributed by atoms with van der Waals surface area (Å²) >= 11 is 0. The molecule has 0 bridgehead atoms. The standard InChI is InChI=1S/C14H31O4P/c1-6-9-12-16-19(15,17-13(4)10-7-2)18-14(5)11-8-3/h13-14H,6-12H2,1-5H3. The van der Waals surface area contributed by atoms with Crippen LogP contribution >= 0.6 is 7.82 Å². The van der Waals surface area contributed by atoms with Crippen molar-refractivity contribution in [2.45, 2.75) is 85.4 Å². The van der Waals surface area contributed by atoms with Crippen molar-refractivity contribution in [3.05, 3.63) is 0 Å². The van der Waals surface area contributed by atoms with E-state index in [4.69, 9.17) is 13.6 Å². The van der Waals surface area contributed by atoms with Gasteiger partial charge in [0.2, 0.25) is 0 Å². The molecule has 2 unspecified atom stereocenters. The molecular weight excluding hydrogens is 263 g/mol. The smallest absolute Gasteiger partial charge is 0.287 e. The van der Waals surface area contributed by atoms with Crippen LogP contribution in [0.5, 0.6) is 0 Å². The van der Waals surface area contributed by atoms with Crippen LogP contribution in [0.1, 0.15) is 73.1 Å². The highest BCUT2D eigenvalue weighted by molar-refractivity contribution is 7.48. The highest BCUT2D eigenvalue weighted by Crippen LogP contribution is 2.52. The van der Waals surface area contributed by atoms with Crippen LogP contribution < -0.4 is 0 Å². The van der Waals surface area contributed by atoms with Gasteiger partial charge in [0.25, 0.3) is 0 Å². The first kappa shape index (κ1) is 19.1. The van der Waals surface area contributed by atoms with Gasteiger partial charge in [-0.1, -0.05) is 40.0 Å². The zero-order valence-corrected chi connectivity index (χ0v) is 14.1. The van der Waals surface area contributed by atoms with Gasteiger partial charge in [-0.05, 0) is 33.1 Å². The highest BCUT2D eigenvalue weighted by Gasteiger charge is 2.31. The molecular formula is C14H31O4P. The Morgan fingerprint density at radius 1 is 0.895 bits per heavy atom. The lowest BCUT2D eigenvalue weighted by atomic mass is 10.2. The van der Waals surface area contributed by atoms with Crippen LogP contribution in [0.25, 0.3) is 0 Å². The van der Waals surface area contributed by atoms with Crippen molar-refractivity contribution in [3.8, 4) is 0 Å². The fourth-order valence-corrected chi connectivity index (χ4v) is 3.38. The van der Waals surface area contributed by atoms with Gasteiger partial charge in [-0.15, -0.1) is 0 Å². The van der Waals surface area contributed by atoms with Gasteiger partial charge in [0, 0.05) is 0 Å². The molecule has 0 spiro atoms. The van der Waals surface area contributed by atoms with E-state index < -0.39 is 7.82 Å². The first-order chi connectivity index (χ1) is 8.97. The number of hydrogen-bond acceptors (Lipinski definition) is 4. The molecule has 0 fully saturated rings. The Morgan fingerprint density at radius 3 is 1.74 bits per heavy atom. The van der Waals surface area contributed by atoms with E-state index in [1.807, 2.05) is 13.8 Å². The molecule has 0 aliphatic heterocycles. The van der Waals surface area contributed by atoms with Crippen molar-refractivity contribution in [3.63, 3.8) is 0 Å². The maximum Gasteiger partial charge on any atom is 0.475 e. The van der Waals surface area contributed by atoms with Gasteiger partial charge >= 0.3 is 7.82 Å². The van der Waals surface area contributed by atoms with Crippen molar-refractivity contribution in [2.75, 3.05) is 6.61 Å². The van der Waals surface area contributed by atoms with Crippen LogP contribution in [-0.4, -0.2) is 18.8 Å². The quantitative estimate of drug-likeness (QED) is 0.361. The molecule has 0 aliphatic rings. The Kier molecular flexibility index (Phi) is 10.9. The monoisotopic (exact) mass is 294 g/mol. The van der Waals surface area contributed by atoms with Gasteiger partial charge in [0.15, 0.2) is 0 Å². The van der Waals surface area contributed by atoms with Crippen molar-refractivity contribution < 1.29 is 18.1 Å². The maximum absolute atomic E-state index is 12.6. The Hall–Kier alpha value is 0.110.